The number of rotatable bonds is 2. The van der Waals surface area contributed by atoms with Crippen LogP contribution in [0.15, 0.2) is 0 Å². The lowest BCUT2D eigenvalue weighted by molar-refractivity contribution is 0.298. The minimum atomic E-state index is 0.600. The standard InChI is InChI=1S/C12H23N/c1-9-4-6-10(7-5-9)13-11-8-12(11,2)3/h9-11,13H,4-8H2,1-3H3. The largest absolute Gasteiger partial charge is 0.311 e. The van der Waals surface area contributed by atoms with Crippen LogP contribution in [0.4, 0.5) is 0 Å². The topological polar surface area (TPSA) is 12.0 Å². The van der Waals surface area contributed by atoms with E-state index in [4.69, 9.17) is 0 Å². The van der Waals surface area contributed by atoms with Crippen LogP contribution >= 0.6 is 0 Å². The smallest absolute Gasteiger partial charge is 0.0127 e. The summed E-state index contributed by atoms with van der Waals surface area (Å²) in [6, 6.07) is 1.66. The molecule has 2 fully saturated rings. The summed E-state index contributed by atoms with van der Waals surface area (Å²) in [4.78, 5) is 0. The molecule has 0 spiro atoms. The van der Waals surface area contributed by atoms with Crippen LogP contribution in [-0.2, 0) is 0 Å². The van der Waals surface area contributed by atoms with Gasteiger partial charge in [-0.2, -0.15) is 0 Å². The summed E-state index contributed by atoms with van der Waals surface area (Å²) in [6.07, 6.45) is 7.08. The predicted octanol–water partition coefficient (Wildman–Crippen LogP) is 2.95. The van der Waals surface area contributed by atoms with E-state index in [1.807, 2.05) is 0 Å². The highest BCUT2D eigenvalue weighted by atomic mass is 15.0. The summed E-state index contributed by atoms with van der Waals surface area (Å²) in [6.45, 7) is 7.13. The predicted molar refractivity (Wildman–Crippen MR) is 56.7 cm³/mol. The van der Waals surface area contributed by atoms with Gasteiger partial charge in [0.05, 0.1) is 0 Å². The van der Waals surface area contributed by atoms with Crippen LogP contribution in [0.1, 0.15) is 52.9 Å². The third-order valence-electron chi connectivity index (χ3n) is 3.97. The molecule has 2 aliphatic rings. The first kappa shape index (κ1) is 9.51. The van der Waals surface area contributed by atoms with Crippen LogP contribution in [-0.4, -0.2) is 12.1 Å². The molecular weight excluding hydrogens is 158 g/mol. The van der Waals surface area contributed by atoms with E-state index >= 15 is 0 Å². The normalized spacial score (nSPS) is 43.2. The highest BCUT2D eigenvalue weighted by Gasteiger charge is 2.46. The van der Waals surface area contributed by atoms with Crippen LogP contribution in [0.5, 0.6) is 0 Å². The first-order valence-corrected chi connectivity index (χ1v) is 5.84. The van der Waals surface area contributed by atoms with Gasteiger partial charge in [-0.1, -0.05) is 20.8 Å². The Balaban J connectivity index is 1.72. The molecule has 0 heterocycles. The summed E-state index contributed by atoms with van der Waals surface area (Å²) >= 11 is 0. The van der Waals surface area contributed by atoms with Gasteiger partial charge in [0, 0.05) is 12.1 Å². The Bertz CT molecular complexity index is 178. The molecule has 0 aromatic rings. The van der Waals surface area contributed by atoms with Crippen LogP contribution in [0.3, 0.4) is 0 Å². The van der Waals surface area contributed by atoms with Crippen molar-refractivity contribution in [3.05, 3.63) is 0 Å². The van der Waals surface area contributed by atoms with Gasteiger partial charge in [0.1, 0.15) is 0 Å². The molecule has 76 valence electrons. The zero-order valence-electron chi connectivity index (χ0n) is 9.27. The Kier molecular flexibility index (Phi) is 2.39. The van der Waals surface area contributed by atoms with Gasteiger partial charge >= 0.3 is 0 Å². The quantitative estimate of drug-likeness (QED) is 0.690. The van der Waals surface area contributed by atoms with Gasteiger partial charge in [0.25, 0.3) is 0 Å². The van der Waals surface area contributed by atoms with E-state index in [2.05, 4.69) is 26.1 Å². The van der Waals surface area contributed by atoms with Gasteiger partial charge in [-0.15, -0.1) is 0 Å². The second-order valence-corrected chi connectivity index (χ2v) is 5.87. The minimum absolute atomic E-state index is 0.600. The fraction of sp³-hybridized carbons (Fsp3) is 1.00. The molecule has 1 N–H and O–H groups in total. The van der Waals surface area contributed by atoms with E-state index in [1.165, 1.54) is 32.1 Å². The molecule has 0 radical (unpaired) electrons. The third-order valence-corrected chi connectivity index (χ3v) is 3.97. The maximum absolute atomic E-state index is 3.80. The molecule has 0 aliphatic heterocycles. The lowest BCUT2D eigenvalue weighted by Crippen LogP contribution is -2.35. The summed E-state index contributed by atoms with van der Waals surface area (Å²) in [5.41, 5.74) is 0.600. The zero-order valence-corrected chi connectivity index (χ0v) is 9.27. The molecule has 0 amide bonds. The average molecular weight is 181 g/mol. The number of nitrogens with one attached hydrogen (secondary N) is 1. The van der Waals surface area contributed by atoms with E-state index in [1.54, 1.807) is 0 Å². The van der Waals surface area contributed by atoms with Crippen molar-refractivity contribution >= 4 is 0 Å². The van der Waals surface area contributed by atoms with Crippen molar-refractivity contribution in [3.8, 4) is 0 Å². The Hall–Kier alpha value is -0.0400. The third kappa shape index (κ3) is 2.25. The first-order valence-electron chi connectivity index (χ1n) is 5.84. The maximum Gasteiger partial charge on any atom is 0.0127 e. The first-order chi connectivity index (χ1) is 6.08. The fourth-order valence-corrected chi connectivity index (χ4v) is 2.46. The Morgan fingerprint density at radius 2 is 1.62 bits per heavy atom. The van der Waals surface area contributed by atoms with E-state index < -0.39 is 0 Å². The van der Waals surface area contributed by atoms with E-state index in [0.717, 1.165) is 18.0 Å². The zero-order chi connectivity index (χ0) is 9.47. The molecule has 2 rings (SSSR count). The van der Waals surface area contributed by atoms with E-state index in [0.29, 0.717) is 5.41 Å². The van der Waals surface area contributed by atoms with Gasteiger partial charge in [-0.05, 0) is 43.4 Å². The monoisotopic (exact) mass is 181 g/mol. The van der Waals surface area contributed by atoms with Crippen molar-refractivity contribution in [2.45, 2.75) is 65.0 Å². The molecule has 1 heteroatoms. The van der Waals surface area contributed by atoms with Crippen molar-refractivity contribution in [1.29, 1.82) is 0 Å². The lowest BCUT2D eigenvalue weighted by atomic mass is 9.87. The molecule has 2 aliphatic carbocycles. The molecule has 0 saturated heterocycles. The van der Waals surface area contributed by atoms with Crippen LogP contribution in [0.2, 0.25) is 0 Å². The Morgan fingerprint density at radius 1 is 1.08 bits per heavy atom. The highest BCUT2D eigenvalue weighted by Crippen LogP contribution is 2.45. The lowest BCUT2D eigenvalue weighted by Gasteiger charge is -2.27. The summed E-state index contributed by atoms with van der Waals surface area (Å²) in [5.74, 6) is 0.977. The molecular formula is C12H23N. The second kappa shape index (κ2) is 3.27. The van der Waals surface area contributed by atoms with Crippen LogP contribution < -0.4 is 5.32 Å². The molecule has 1 atom stereocenters. The molecule has 0 bridgehead atoms. The molecule has 0 aromatic heterocycles. The molecule has 0 aromatic carbocycles. The van der Waals surface area contributed by atoms with Gasteiger partial charge in [-0.3, -0.25) is 0 Å². The van der Waals surface area contributed by atoms with Crippen LogP contribution in [0, 0.1) is 11.3 Å². The highest BCUT2D eigenvalue weighted by molar-refractivity contribution is 5.02. The average Bonchev–Trinajstić information content (AvgIpc) is 2.64. The Morgan fingerprint density at radius 3 is 2.08 bits per heavy atom. The van der Waals surface area contributed by atoms with Crippen molar-refractivity contribution in [2.75, 3.05) is 0 Å². The number of hydrogen-bond acceptors (Lipinski definition) is 1. The van der Waals surface area contributed by atoms with Crippen molar-refractivity contribution < 1.29 is 0 Å². The summed E-state index contributed by atoms with van der Waals surface area (Å²) in [7, 11) is 0. The summed E-state index contributed by atoms with van der Waals surface area (Å²) < 4.78 is 0. The van der Waals surface area contributed by atoms with E-state index in [9.17, 15) is 0 Å². The maximum atomic E-state index is 3.80. The molecule has 1 unspecified atom stereocenters. The van der Waals surface area contributed by atoms with Crippen molar-refractivity contribution in [1.82, 2.24) is 5.32 Å². The fourth-order valence-electron chi connectivity index (χ4n) is 2.46. The van der Waals surface area contributed by atoms with Gasteiger partial charge < -0.3 is 5.32 Å². The van der Waals surface area contributed by atoms with Crippen LogP contribution in [0.25, 0.3) is 0 Å². The Labute approximate surface area is 82.3 Å². The molecule has 13 heavy (non-hydrogen) atoms. The van der Waals surface area contributed by atoms with Crippen molar-refractivity contribution in [2.24, 2.45) is 11.3 Å². The second-order valence-electron chi connectivity index (χ2n) is 5.87. The molecule has 2 saturated carbocycles. The van der Waals surface area contributed by atoms with Crippen molar-refractivity contribution in [3.63, 3.8) is 0 Å². The SMILES string of the molecule is CC1CCC(NC2CC2(C)C)CC1. The van der Waals surface area contributed by atoms with Gasteiger partial charge in [-0.25, -0.2) is 0 Å². The number of hydrogen-bond donors (Lipinski definition) is 1. The summed E-state index contributed by atoms with van der Waals surface area (Å²) in [5, 5.41) is 3.80. The van der Waals surface area contributed by atoms with Gasteiger partial charge in [0.15, 0.2) is 0 Å². The minimum Gasteiger partial charge on any atom is -0.311 e. The van der Waals surface area contributed by atoms with E-state index in [-0.39, 0.29) is 0 Å². The van der Waals surface area contributed by atoms with Gasteiger partial charge in [0.2, 0.25) is 0 Å². The molecule has 1 nitrogen and oxygen atoms in total.